The Morgan fingerprint density at radius 2 is 2.08 bits per heavy atom. The summed E-state index contributed by atoms with van der Waals surface area (Å²) < 4.78 is 0. The van der Waals surface area contributed by atoms with Gasteiger partial charge in [0.25, 0.3) is 5.91 Å². The first kappa shape index (κ1) is 7.10. The minimum absolute atomic E-state index is 0.00981. The van der Waals surface area contributed by atoms with Crippen molar-refractivity contribution in [1.82, 2.24) is 5.32 Å². The van der Waals surface area contributed by atoms with Crippen molar-refractivity contribution in [3.8, 4) is 0 Å². The molecule has 1 aliphatic rings. The Morgan fingerprint density at radius 1 is 1.25 bits per heavy atom. The van der Waals surface area contributed by atoms with Crippen molar-refractivity contribution in [3.05, 3.63) is 41.5 Å². The van der Waals surface area contributed by atoms with Gasteiger partial charge in [0.05, 0.1) is 0 Å². The first-order valence-corrected chi connectivity index (χ1v) is 3.92. The number of amides is 1. The number of rotatable bonds is 0. The highest BCUT2D eigenvalue weighted by molar-refractivity contribution is 5.98. The van der Waals surface area contributed by atoms with E-state index < -0.39 is 0 Å². The third-order valence-electron chi connectivity index (χ3n) is 1.88. The van der Waals surface area contributed by atoms with Gasteiger partial charge in [0.1, 0.15) is 0 Å². The molecule has 1 heterocycles. The Morgan fingerprint density at radius 3 is 3.00 bits per heavy atom. The van der Waals surface area contributed by atoms with E-state index in [0.29, 0.717) is 6.54 Å². The van der Waals surface area contributed by atoms with Gasteiger partial charge >= 0.3 is 0 Å². The van der Waals surface area contributed by atoms with E-state index in [0.717, 1.165) is 11.1 Å². The molecule has 0 fully saturated rings. The molecule has 1 aliphatic heterocycles. The van der Waals surface area contributed by atoms with Gasteiger partial charge < -0.3 is 5.32 Å². The molecule has 0 saturated carbocycles. The molecule has 0 spiro atoms. The standard InChI is InChI=1S/C10H9NO/c12-10-9-6-2-1-4-8(9)5-3-7-11-10/h1-6H,7H2,(H,11,12). The molecule has 1 aromatic carbocycles. The molecule has 2 rings (SSSR count). The van der Waals surface area contributed by atoms with Gasteiger partial charge in [0.15, 0.2) is 0 Å². The van der Waals surface area contributed by atoms with Crippen molar-refractivity contribution in [2.24, 2.45) is 0 Å². The number of carbonyl (C=O) groups excluding carboxylic acids is 1. The van der Waals surface area contributed by atoms with Crippen LogP contribution >= 0.6 is 0 Å². The van der Waals surface area contributed by atoms with E-state index in [1.54, 1.807) is 0 Å². The second-order valence-corrected chi connectivity index (χ2v) is 2.70. The largest absolute Gasteiger partial charge is 0.349 e. The van der Waals surface area contributed by atoms with E-state index in [1.807, 2.05) is 36.4 Å². The monoisotopic (exact) mass is 159 g/mol. The highest BCUT2D eigenvalue weighted by Crippen LogP contribution is 2.12. The molecule has 1 N–H and O–H groups in total. The number of carbonyl (C=O) groups is 1. The summed E-state index contributed by atoms with van der Waals surface area (Å²) in [6, 6.07) is 7.58. The van der Waals surface area contributed by atoms with Crippen molar-refractivity contribution in [1.29, 1.82) is 0 Å². The van der Waals surface area contributed by atoms with Crippen LogP contribution in [0.4, 0.5) is 0 Å². The highest BCUT2D eigenvalue weighted by atomic mass is 16.1. The molecule has 0 atom stereocenters. The molecule has 2 heteroatoms. The molecular formula is C10H9NO. The number of benzene rings is 1. The maximum absolute atomic E-state index is 11.4. The maximum atomic E-state index is 11.4. The van der Waals surface area contributed by atoms with Crippen molar-refractivity contribution < 1.29 is 4.79 Å². The third-order valence-corrected chi connectivity index (χ3v) is 1.88. The molecule has 0 unspecified atom stereocenters. The SMILES string of the molecule is O=C1NCC=Cc2ccccc21. The Balaban J connectivity index is 2.56. The summed E-state index contributed by atoms with van der Waals surface area (Å²) >= 11 is 0. The van der Waals surface area contributed by atoms with Gasteiger partial charge in [-0.2, -0.15) is 0 Å². The summed E-state index contributed by atoms with van der Waals surface area (Å²) in [5.41, 5.74) is 1.75. The molecule has 2 nitrogen and oxygen atoms in total. The topological polar surface area (TPSA) is 29.1 Å². The Hall–Kier alpha value is -1.57. The van der Waals surface area contributed by atoms with Gasteiger partial charge in [-0.25, -0.2) is 0 Å². The van der Waals surface area contributed by atoms with Crippen LogP contribution in [0.25, 0.3) is 6.08 Å². The van der Waals surface area contributed by atoms with Gasteiger partial charge in [0, 0.05) is 12.1 Å². The lowest BCUT2D eigenvalue weighted by molar-refractivity contribution is 0.0958. The minimum Gasteiger partial charge on any atom is -0.349 e. The Kier molecular flexibility index (Phi) is 1.67. The summed E-state index contributed by atoms with van der Waals surface area (Å²) in [5, 5.41) is 2.77. The van der Waals surface area contributed by atoms with Crippen molar-refractivity contribution in [3.63, 3.8) is 0 Å². The zero-order chi connectivity index (χ0) is 8.39. The number of nitrogens with one attached hydrogen (secondary N) is 1. The molecule has 0 aromatic heterocycles. The van der Waals surface area contributed by atoms with Crippen LogP contribution in [-0.4, -0.2) is 12.5 Å². The lowest BCUT2D eigenvalue weighted by atomic mass is 10.1. The summed E-state index contributed by atoms with van der Waals surface area (Å²) in [5.74, 6) is 0.00981. The van der Waals surface area contributed by atoms with Crippen LogP contribution in [0.1, 0.15) is 15.9 Å². The molecule has 0 bridgehead atoms. The fourth-order valence-corrected chi connectivity index (χ4v) is 1.28. The van der Waals surface area contributed by atoms with E-state index in [4.69, 9.17) is 0 Å². The second-order valence-electron chi connectivity index (χ2n) is 2.70. The Bertz CT molecular complexity index is 341. The predicted octanol–water partition coefficient (Wildman–Crippen LogP) is 1.44. The van der Waals surface area contributed by atoms with Gasteiger partial charge in [-0.3, -0.25) is 4.79 Å². The average molecular weight is 159 g/mol. The first-order valence-electron chi connectivity index (χ1n) is 3.92. The lowest BCUT2D eigenvalue weighted by Crippen LogP contribution is -2.22. The summed E-state index contributed by atoms with van der Waals surface area (Å²) in [6.45, 7) is 0.619. The fourth-order valence-electron chi connectivity index (χ4n) is 1.28. The molecular weight excluding hydrogens is 150 g/mol. The molecule has 1 aromatic rings. The smallest absolute Gasteiger partial charge is 0.252 e. The number of hydrogen-bond acceptors (Lipinski definition) is 1. The molecule has 0 radical (unpaired) electrons. The van der Waals surface area contributed by atoms with Gasteiger partial charge in [-0.05, 0) is 11.6 Å². The van der Waals surface area contributed by atoms with Crippen LogP contribution in [0.5, 0.6) is 0 Å². The zero-order valence-corrected chi connectivity index (χ0v) is 6.58. The van der Waals surface area contributed by atoms with E-state index in [-0.39, 0.29) is 5.91 Å². The third kappa shape index (κ3) is 1.11. The maximum Gasteiger partial charge on any atom is 0.252 e. The van der Waals surface area contributed by atoms with Crippen molar-refractivity contribution >= 4 is 12.0 Å². The summed E-state index contributed by atoms with van der Waals surface area (Å²) in [7, 11) is 0. The van der Waals surface area contributed by atoms with Gasteiger partial charge in [0.2, 0.25) is 0 Å². The quantitative estimate of drug-likeness (QED) is 0.609. The molecule has 60 valence electrons. The van der Waals surface area contributed by atoms with E-state index in [1.165, 1.54) is 0 Å². The van der Waals surface area contributed by atoms with Crippen LogP contribution in [0.2, 0.25) is 0 Å². The van der Waals surface area contributed by atoms with Gasteiger partial charge in [-0.15, -0.1) is 0 Å². The predicted molar refractivity (Wildman–Crippen MR) is 47.8 cm³/mol. The van der Waals surface area contributed by atoms with Crippen LogP contribution < -0.4 is 5.32 Å². The van der Waals surface area contributed by atoms with Crippen LogP contribution in [0.3, 0.4) is 0 Å². The van der Waals surface area contributed by atoms with E-state index in [9.17, 15) is 4.79 Å². The second kappa shape index (κ2) is 2.81. The number of hydrogen-bond donors (Lipinski definition) is 1. The molecule has 0 aliphatic carbocycles. The average Bonchev–Trinajstić information content (AvgIpc) is 2.29. The van der Waals surface area contributed by atoms with E-state index in [2.05, 4.69) is 5.32 Å². The fraction of sp³-hybridized carbons (Fsp3) is 0.100. The van der Waals surface area contributed by atoms with E-state index >= 15 is 0 Å². The summed E-state index contributed by atoms with van der Waals surface area (Å²) in [6.07, 6.45) is 3.91. The Labute approximate surface area is 70.9 Å². The zero-order valence-electron chi connectivity index (χ0n) is 6.58. The van der Waals surface area contributed by atoms with Crippen LogP contribution in [0, 0.1) is 0 Å². The molecule has 1 amide bonds. The van der Waals surface area contributed by atoms with Crippen LogP contribution in [-0.2, 0) is 0 Å². The summed E-state index contributed by atoms with van der Waals surface area (Å²) in [4.78, 5) is 11.4. The molecule has 12 heavy (non-hydrogen) atoms. The van der Waals surface area contributed by atoms with Gasteiger partial charge in [-0.1, -0.05) is 30.4 Å². The molecule has 0 saturated heterocycles. The first-order chi connectivity index (χ1) is 5.88. The highest BCUT2D eigenvalue weighted by Gasteiger charge is 2.09. The van der Waals surface area contributed by atoms with Crippen molar-refractivity contribution in [2.45, 2.75) is 0 Å². The van der Waals surface area contributed by atoms with Crippen LogP contribution in [0.15, 0.2) is 30.3 Å². The van der Waals surface area contributed by atoms with Crippen molar-refractivity contribution in [2.75, 3.05) is 6.54 Å². The lowest BCUT2D eigenvalue weighted by Gasteiger charge is -2.01. The number of fused-ring (bicyclic) bond motifs is 1. The minimum atomic E-state index is 0.00981. The normalized spacial score (nSPS) is 14.8.